The quantitative estimate of drug-likeness (QED) is 0.736. The number of nitrogens with one attached hydrogen (secondary N) is 1. The fourth-order valence-electron chi connectivity index (χ4n) is 2.33. The lowest BCUT2D eigenvalue weighted by molar-refractivity contribution is -0.140. The van der Waals surface area contributed by atoms with Crippen LogP contribution in [-0.2, 0) is 33.8 Å². The fourth-order valence-corrected chi connectivity index (χ4v) is 2.33. The molecule has 1 aliphatic heterocycles. The van der Waals surface area contributed by atoms with E-state index in [0.717, 1.165) is 31.5 Å². The van der Waals surface area contributed by atoms with Crippen LogP contribution in [0, 0.1) is 0 Å². The molecule has 1 aromatic heterocycles. The Kier molecular flexibility index (Phi) is 5.13. The molecule has 1 amide bonds. The van der Waals surface area contributed by atoms with Crippen LogP contribution in [-0.4, -0.2) is 39.9 Å². The monoisotopic (exact) mass is 296 g/mol. The van der Waals surface area contributed by atoms with Crippen LogP contribution in [0.1, 0.15) is 31.5 Å². The molecule has 21 heavy (non-hydrogen) atoms. The van der Waals surface area contributed by atoms with Crippen LogP contribution >= 0.6 is 0 Å². The van der Waals surface area contributed by atoms with E-state index in [1.165, 1.54) is 11.8 Å². The van der Waals surface area contributed by atoms with Crippen LogP contribution in [0.2, 0.25) is 0 Å². The van der Waals surface area contributed by atoms with Gasteiger partial charge in [-0.1, -0.05) is 6.42 Å². The topological polar surface area (TPSA) is 95.2 Å². The minimum Gasteiger partial charge on any atom is -0.469 e. The number of aromatic nitrogens is 3. The van der Waals surface area contributed by atoms with Gasteiger partial charge in [0.15, 0.2) is 0 Å². The number of methoxy groups -OCH3 is 1. The van der Waals surface area contributed by atoms with Gasteiger partial charge in [-0.2, -0.15) is 5.10 Å². The van der Waals surface area contributed by atoms with E-state index in [1.54, 1.807) is 4.57 Å². The molecule has 1 aliphatic rings. The van der Waals surface area contributed by atoms with E-state index in [-0.39, 0.29) is 37.1 Å². The molecule has 0 radical (unpaired) electrons. The molecule has 0 aromatic carbocycles. The maximum atomic E-state index is 12.1. The Bertz CT molecular complexity index is 575. The lowest BCUT2D eigenvalue weighted by Gasteiger charge is -2.03. The molecule has 0 saturated heterocycles. The molecule has 1 aromatic rings. The molecule has 0 bridgehead atoms. The van der Waals surface area contributed by atoms with Crippen LogP contribution in [0.4, 0.5) is 0 Å². The Morgan fingerprint density at radius 1 is 1.33 bits per heavy atom. The van der Waals surface area contributed by atoms with Gasteiger partial charge in [0, 0.05) is 19.5 Å². The number of hydrogen-bond donors (Lipinski definition) is 1. The molecule has 0 fully saturated rings. The third kappa shape index (κ3) is 3.93. The normalized spacial score (nSPS) is 14.1. The van der Waals surface area contributed by atoms with Crippen molar-refractivity contribution in [2.45, 2.75) is 45.2 Å². The molecule has 8 heteroatoms. The van der Waals surface area contributed by atoms with Gasteiger partial charge in [-0.05, 0) is 12.8 Å². The number of rotatable bonds is 5. The number of aryl methyl sites for hydroxylation is 1. The summed E-state index contributed by atoms with van der Waals surface area (Å²) in [5.74, 6) is 0.0234. The largest absolute Gasteiger partial charge is 0.469 e. The molecular weight excluding hydrogens is 276 g/mol. The maximum absolute atomic E-state index is 12.1. The molecule has 2 heterocycles. The number of ether oxygens (including phenoxy) is 1. The Morgan fingerprint density at radius 2 is 2.14 bits per heavy atom. The smallest absolute Gasteiger partial charge is 0.346 e. The first-order valence-corrected chi connectivity index (χ1v) is 7.12. The summed E-state index contributed by atoms with van der Waals surface area (Å²) in [5.41, 5.74) is -0.241. The first-order valence-electron chi connectivity index (χ1n) is 7.12. The number of esters is 1. The van der Waals surface area contributed by atoms with Gasteiger partial charge in [0.25, 0.3) is 0 Å². The van der Waals surface area contributed by atoms with E-state index in [1.807, 2.05) is 0 Å². The fraction of sp³-hybridized carbons (Fsp3) is 0.692. The van der Waals surface area contributed by atoms with Gasteiger partial charge in [0.1, 0.15) is 12.4 Å². The molecule has 0 spiro atoms. The average Bonchev–Trinajstić information content (AvgIpc) is 2.66. The number of fused-ring (bicyclic) bond motifs is 1. The van der Waals surface area contributed by atoms with E-state index >= 15 is 0 Å². The van der Waals surface area contributed by atoms with Crippen LogP contribution in [0.5, 0.6) is 0 Å². The number of carbonyl (C=O) groups is 2. The molecule has 8 nitrogen and oxygen atoms in total. The van der Waals surface area contributed by atoms with E-state index in [4.69, 9.17) is 0 Å². The number of amides is 1. The Balaban J connectivity index is 1.92. The van der Waals surface area contributed by atoms with Crippen molar-refractivity contribution in [2.24, 2.45) is 0 Å². The van der Waals surface area contributed by atoms with Gasteiger partial charge < -0.3 is 10.1 Å². The predicted octanol–water partition coefficient (Wildman–Crippen LogP) is -0.549. The molecule has 0 saturated carbocycles. The second-order valence-electron chi connectivity index (χ2n) is 4.99. The molecule has 2 rings (SSSR count). The summed E-state index contributed by atoms with van der Waals surface area (Å²) in [7, 11) is 1.29. The number of hydrogen-bond acceptors (Lipinski definition) is 5. The zero-order chi connectivity index (χ0) is 15.2. The van der Waals surface area contributed by atoms with Gasteiger partial charge in [0.2, 0.25) is 5.91 Å². The lowest BCUT2D eigenvalue weighted by atomic mass is 10.2. The van der Waals surface area contributed by atoms with Gasteiger partial charge >= 0.3 is 11.7 Å². The van der Waals surface area contributed by atoms with Crippen molar-refractivity contribution in [2.75, 3.05) is 13.7 Å². The molecule has 0 atom stereocenters. The van der Waals surface area contributed by atoms with Crippen molar-refractivity contribution < 1.29 is 14.3 Å². The van der Waals surface area contributed by atoms with Crippen molar-refractivity contribution in [1.82, 2.24) is 19.7 Å². The van der Waals surface area contributed by atoms with Crippen molar-refractivity contribution in [3.63, 3.8) is 0 Å². The average molecular weight is 296 g/mol. The third-order valence-corrected chi connectivity index (χ3v) is 3.45. The van der Waals surface area contributed by atoms with Gasteiger partial charge in [-0.15, -0.1) is 0 Å². The van der Waals surface area contributed by atoms with Crippen LogP contribution in [0.3, 0.4) is 0 Å². The van der Waals surface area contributed by atoms with Crippen LogP contribution in [0.25, 0.3) is 0 Å². The van der Waals surface area contributed by atoms with Crippen molar-refractivity contribution in [3.05, 3.63) is 16.3 Å². The summed E-state index contributed by atoms with van der Waals surface area (Å²) in [6.45, 7) is 0.728. The minimum absolute atomic E-state index is 0.108. The second-order valence-corrected chi connectivity index (χ2v) is 4.99. The Hall–Kier alpha value is -2.12. The van der Waals surface area contributed by atoms with E-state index in [9.17, 15) is 14.4 Å². The summed E-state index contributed by atoms with van der Waals surface area (Å²) >= 11 is 0. The van der Waals surface area contributed by atoms with Crippen molar-refractivity contribution in [3.8, 4) is 0 Å². The Morgan fingerprint density at radius 3 is 2.90 bits per heavy atom. The standard InChI is InChI=1S/C13H20N4O4/c1-21-12(19)6-7-14-11(18)9-17-13(20)16-8-4-2-3-5-10(16)15-17/h2-9H2,1H3,(H,14,18). The molecule has 0 aliphatic carbocycles. The van der Waals surface area contributed by atoms with E-state index in [0.29, 0.717) is 6.54 Å². The van der Waals surface area contributed by atoms with Crippen molar-refractivity contribution >= 4 is 11.9 Å². The number of nitrogens with zero attached hydrogens (tertiary/aromatic N) is 3. The molecule has 0 unspecified atom stereocenters. The first-order chi connectivity index (χ1) is 10.1. The zero-order valence-corrected chi connectivity index (χ0v) is 12.1. The van der Waals surface area contributed by atoms with Crippen molar-refractivity contribution in [1.29, 1.82) is 0 Å². The highest BCUT2D eigenvalue weighted by Gasteiger charge is 2.17. The highest BCUT2D eigenvalue weighted by molar-refractivity contribution is 5.76. The zero-order valence-electron chi connectivity index (χ0n) is 12.1. The summed E-state index contributed by atoms with van der Waals surface area (Å²) < 4.78 is 7.31. The maximum Gasteiger partial charge on any atom is 0.346 e. The van der Waals surface area contributed by atoms with Gasteiger partial charge in [-0.25, -0.2) is 9.48 Å². The van der Waals surface area contributed by atoms with E-state index in [2.05, 4.69) is 15.2 Å². The second kappa shape index (κ2) is 7.05. The van der Waals surface area contributed by atoms with Gasteiger partial charge in [0.05, 0.1) is 13.5 Å². The highest BCUT2D eigenvalue weighted by Crippen LogP contribution is 2.09. The summed E-state index contributed by atoms with van der Waals surface area (Å²) in [5, 5.41) is 6.79. The van der Waals surface area contributed by atoms with Gasteiger partial charge in [-0.3, -0.25) is 14.2 Å². The predicted molar refractivity (Wildman–Crippen MR) is 73.7 cm³/mol. The summed E-state index contributed by atoms with van der Waals surface area (Å²) in [6.07, 6.45) is 3.95. The highest BCUT2D eigenvalue weighted by atomic mass is 16.5. The summed E-state index contributed by atoms with van der Waals surface area (Å²) in [6, 6.07) is 0. The Labute approximate surface area is 122 Å². The van der Waals surface area contributed by atoms with Crippen LogP contribution < -0.4 is 11.0 Å². The summed E-state index contributed by atoms with van der Waals surface area (Å²) in [4.78, 5) is 34.8. The third-order valence-electron chi connectivity index (χ3n) is 3.45. The molecular formula is C13H20N4O4. The molecule has 116 valence electrons. The SMILES string of the molecule is COC(=O)CCNC(=O)Cn1nc2n(c1=O)CCCCC2. The lowest BCUT2D eigenvalue weighted by Crippen LogP contribution is -2.34. The molecule has 1 N–H and O–H groups in total. The number of carbonyl (C=O) groups excluding carboxylic acids is 2. The van der Waals surface area contributed by atoms with Crippen LogP contribution in [0.15, 0.2) is 4.79 Å². The first kappa shape index (κ1) is 15.3. The van der Waals surface area contributed by atoms with E-state index < -0.39 is 0 Å². The minimum atomic E-state index is -0.388.